The van der Waals surface area contributed by atoms with Gasteiger partial charge in [0.1, 0.15) is 5.75 Å². The molecule has 10 heteroatoms. The molecule has 148 valence electrons. The van der Waals surface area contributed by atoms with E-state index in [9.17, 15) is 0 Å². The van der Waals surface area contributed by atoms with Gasteiger partial charge in [-0.05, 0) is 19.1 Å². The van der Waals surface area contributed by atoms with Crippen molar-refractivity contribution in [2.75, 3.05) is 38.3 Å². The van der Waals surface area contributed by atoms with Crippen molar-refractivity contribution in [1.29, 1.82) is 0 Å². The van der Waals surface area contributed by atoms with Gasteiger partial charge in [-0.3, -0.25) is 4.57 Å². The third kappa shape index (κ3) is 3.83. The zero-order valence-electron chi connectivity index (χ0n) is 15.9. The van der Waals surface area contributed by atoms with Crippen molar-refractivity contribution < 1.29 is 14.0 Å². The van der Waals surface area contributed by atoms with E-state index in [0.717, 1.165) is 36.3 Å². The number of nitrogens with zero attached hydrogens (tertiary/aromatic N) is 6. The summed E-state index contributed by atoms with van der Waals surface area (Å²) in [4.78, 5) is 6.70. The van der Waals surface area contributed by atoms with Gasteiger partial charge in [0.2, 0.25) is 17.7 Å². The minimum atomic E-state index is 0.513. The molecule has 1 aromatic carbocycles. The highest BCUT2D eigenvalue weighted by atomic mass is 32.2. The van der Waals surface area contributed by atoms with E-state index < -0.39 is 0 Å². The van der Waals surface area contributed by atoms with Crippen LogP contribution in [0, 0.1) is 0 Å². The first-order valence-corrected chi connectivity index (χ1v) is 10.1. The van der Waals surface area contributed by atoms with Gasteiger partial charge in [-0.15, -0.1) is 10.2 Å². The van der Waals surface area contributed by atoms with Crippen molar-refractivity contribution in [2.24, 2.45) is 0 Å². The molecule has 0 unspecified atom stereocenters. The topological polar surface area (TPSA) is 91.3 Å². The lowest BCUT2D eigenvalue weighted by Gasteiger charge is -2.27. The molecule has 0 spiro atoms. The Morgan fingerprint density at radius 1 is 1.18 bits per heavy atom. The first-order valence-electron chi connectivity index (χ1n) is 9.14. The molecule has 0 amide bonds. The van der Waals surface area contributed by atoms with E-state index in [-0.39, 0.29) is 0 Å². The van der Waals surface area contributed by atoms with Gasteiger partial charge in [0.25, 0.3) is 0 Å². The zero-order valence-corrected chi connectivity index (χ0v) is 16.7. The Hall–Kier alpha value is -2.59. The molecule has 2 aromatic heterocycles. The zero-order chi connectivity index (χ0) is 19.3. The normalized spacial score (nSPS) is 14.4. The van der Waals surface area contributed by atoms with Gasteiger partial charge in [-0.25, -0.2) is 0 Å². The molecular formula is C18H22N6O3S. The minimum Gasteiger partial charge on any atom is -0.496 e. The molecule has 0 saturated carbocycles. The molecule has 1 fully saturated rings. The van der Waals surface area contributed by atoms with Crippen LogP contribution in [0.15, 0.2) is 33.9 Å². The van der Waals surface area contributed by atoms with E-state index >= 15 is 0 Å². The van der Waals surface area contributed by atoms with Gasteiger partial charge in [0, 0.05) is 19.6 Å². The number of aromatic nitrogens is 5. The van der Waals surface area contributed by atoms with E-state index in [4.69, 9.17) is 14.0 Å². The molecule has 1 aliphatic rings. The summed E-state index contributed by atoms with van der Waals surface area (Å²) in [5.41, 5.74) is 0.802. The number of rotatable bonds is 7. The molecule has 0 N–H and O–H groups in total. The fourth-order valence-electron chi connectivity index (χ4n) is 3.04. The maximum absolute atomic E-state index is 5.42. The monoisotopic (exact) mass is 402 g/mol. The highest BCUT2D eigenvalue weighted by Gasteiger charge is 2.20. The number of hydrogen-bond acceptors (Lipinski definition) is 9. The van der Waals surface area contributed by atoms with Crippen LogP contribution < -0.4 is 9.64 Å². The Balaban J connectivity index is 1.47. The smallest absolute Gasteiger partial charge is 0.237 e. The second kappa shape index (κ2) is 8.61. The van der Waals surface area contributed by atoms with Gasteiger partial charge in [-0.1, -0.05) is 29.1 Å². The fraction of sp³-hybridized carbons (Fsp3) is 0.444. The van der Waals surface area contributed by atoms with Crippen LogP contribution in [0.25, 0.3) is 11.4 Å². The van der Waals surface area contributed by atoms with Crippen LogP contribution in [0.5, 0.6) is 5.75 Å². The van der Waals surface area contributed by atoms with Crippen molar-refractivity contribution in [2.45, 2.75) is 24.4 Å². The summed E-state index contributed by atoms with van der Waals surface area (Å²) in [6, 6.07) is 7.60. The third-order valence-corrected chi connectivity index (χ3v) is 5.40. The van der Waals surface area contributed by atoms with E-state index in [1.165, 1.54) is 11.8 Å². The minimum absolute atomic E-state index is 0.513. The predicted octanol–water partition coefficient (Wildman–Crippen LogP) is 2.49. The number of ether oxygens (including phenoxy) is 2. The van der Waals surface area contributed by atoms with E-state index in [1.54, 1.807) is 7.11 Å². The Morgan fingerprint density at radius 3 is 2.79 bits per heavy atom. The highest BCUT2D eigenvalue weighted by Crippen LogP contribution is 2.29. The summed E-state index contributed by atoms with van der Waals surface area (Å²) in [7, 11) is 1.62. The van der Waals surface area contributed by atoms with Crippen LogP contribution in [-0.2, 0) is 17.0 Å². The molecule has 3 aromatic rings. The average molecular weight is 402 g/mol. The van der Waals surface area contributed by atoms with Gasteiger partial charge < -0.3 is 18.9 Å². The second-order valence-corrected chi connectivity index (χ2v) is 7.07. The van der Waals surface area contributed by atoms with Crippen LogP contribution in [0.2, 0.25) is 0 Å². The quantitative estimate of drug-likeness (QED) is 0.553. The van der Waals surface area contributed by atoms with Crippen LogP contribution in [-0.4, -0.2) is 58.3 Å². The molecule has 1 saturated heterocycles. The van der Waals surface area contributed by atoms with Crippen LogP contribution in [0.3, 0.4) is 0 Å². The average Bonchev–Trinajstić information content (AvgIpc) is 3.39. The largest absolute Gasteiger partial charge is 0.496 e. The lowest BCUT2D eigenvalue weighted by Crippen LogP contribution is -2.38. The van der Waals surface area contributed by atoms with Crippen molar-refractivity contribution in [1.82, 2.24) is 24.9 Å². The van der Waals surface area contributed by atoms with Gasteiger partial charge >= 0.3 is 0 Å². The first kappa shape index (κ1) is 18.8. The predicted molar refractivity (Wildman–Crippen MR) is 105 cm³/mol. The Labute approximate surface area is 167 Å². The maximum atomic E-state index is 5.42. The van der Waals surface area contributed by atoms with E-state index in [2.05, 4.69) is 36.7 Å². The standard InChI is InChI=1S/C18H22N6O3S/c1-3-24-17(23-8-10-26-11-9-23)20-21-18(24)28-12-15-19-16(22-27-15)13-6-4-5-7-14(13)25-2/h4-7H,3,8-12H2,1-2H3. The van der Waals surface area contributed by atoms with Gasteiger partial charge in [0.15, 0.2) is 5.16 Å². The van der Waals surface area contributed by atoms with E-state index in [0.29, 0.717) is 36.4 Å². The number of thioether (sulfide) groups is 1. The summed E-state index contributed by atoms with van der Waals surface area (Å²) in [6.07, 6.45) is 0. The number of morpholine rings is 1. The molecular weight excluding hydrogens is 380 g/mol. The lowest BCUT2D eigenvalue weighted by molar-refractivity contribution is 0.121. The molecule has 0 atom stereocenters. The molecule has 9 nitrogen and oxygen atoms in total. The summed E-state index contributed by atoms with van der Waals surface area (Å²) in [5, 5.41) is 13.6. The van der Waals surface area contributed by atoms with Crippen molar-refractivity contribution in [3.05, 3.63) is 30.2 Å². The lowest BCUT2D eigenvalue weighted by atomic mass is 10.2. The number of benzene rings is 1. The van der Waals surface area contributed by atoms with Crippen molar-refractivity contribution in [3.8, 4) is 17.1 Å². The van der Waals surface area contributed by atoms with E-state index in [1.807, 2.05) is 24.3 Å². The number of methoxy groups -OCH3 is 1. The summed E-state index contributed by atoms with van der Waals surface area (Å²) in [5.74, 6) is 3.16. The Bertz CT molecular complexity index is 922. The first-order chi connectivity index (χ1) is 13.8. The third-order valence-electron chi connectivity index (χ3n) is 4.45. The molecule has 0 bridgehead atoms. The van der Waals surface area contributed by atoms with Crippen LogP contribution in [0.4, 0.5) is 5.95 Å². The van der Waals surface area contributed by atoms with Crippen LogP contribution >= 0.6 is 11.8 Å². The number of anilines is 1. The molecule has 28 heavy (non-hydrogen) atoms. The van der Waals surface area contributed by atoms with Gasteiger partial charge in [0.05, 0.1) is 31.6 Å². The second-order valence-electron chi connectivity index (χ2n) is 6.13. The highest BCUT2D eigenvalue weighted by molar-refractivity contribution is 7.98. The van der Waals surface area contributed by atoms with Gasteiger partial charge in [-0.2, -0.15) is 4.98 Å². The maximum Gasteiger partial charge on any atom is 0.237 e. The molecule has 0 aliphatic carbocycles. The van der Waals surface area contributed by atoms with Crippen molar-refractivity contribution >= 4 is 17.7 Å². The Kier molecular flexibility index (Phi) is 5.77. The molecule has 3 heterocycles. The summed E-state index contributed by atoms with van der Waals surface area (Å²) in [6.45, 7) is 5.96. The summed E-state index contributed by atoms with van der Waals surface area (Å²) >= 11 is 1.53. The number of para-hydroxylation sites is 1. The molecule has 4 rings (SSSR count). The SMILES string of the molecule is CCn1c(SCc2nc(-c3ccccc3OC)no2)nnc1N1CCOCC1. The fourth-order valence-corrected chi connectivity index (χ4v) is 3.88. The molecule has 0 radical (unpaired) electrons. The Morgan fingerprint density at radius 2 is 2.00 bits per heavy atom. The number of hydrogen-bond donors (Lipinski definition) is 0. The van der Waals surface area contributed by atoms with Crippen molar-refractivity contribution in [3.63, 3.8) is 0 Å². The summed E-state index contributed by atoms with van der Waals surface area (Å²) < 4.78 is 18.3. The van der Waals surface area contributed by atoms with Crippen LogP contribution in [0.1, 0.15) is 12.8 Å². The molecule has 1 aliphatic heterocycles.